The number of anilines is 1. The topological polar surface area (TPSA) is 81.9 Å². The summed E-state index contributed by atoms with van der Waals surface area (Å²) < 4.78 is 13.8. The van der Waals surface area contributed by atoms with Crippen LogP contribution in [0.25, 0.3) is 6.08 Å². The lowest BCUT2D eigenvalue weighted by Gasteiger charge is -2.25. The Bertz CT molecular complexity index is 2180. The predicted octanol–water partition coefficient (Wildman–Crippen LogP) is 7.81. The molecule has 0 unspecified atom stereocenters. The summed E-state index contributed by atoms with van der Waals surface area (Å²) in [6, 6.07) is 26.3. The highest BCUT2D eigenvalue weighted by molar-refractivity contribution is 7.07. The molecule has 2 heterocycles. The standard InChI is InChI=1S/C36H28Cl3N3O4S/c1-3-45-27-13-10-23(11-14-27)33-32(34(43)41-26-7-5-4-6-8-26)21(2)40-36-42(33)35(44)31(47-36)19-24-18-25(37)12-16-30(24)46-20-22-9-15-28(38)29(39)17-22/h4-19,33H,3,20H2,1-2H3,(H,41,43)/b31-19-/t33-/m0/s1. The highest BCUT2D eigenvalue weighted by Crippen LogP contribution is 2.32. The molecule has 6 rings (SSSR count). The summed E-state index contributed by atoms with van der Waals surface area (Å²) >= 11 is 19.9. The van der Waals surface area contributed by atoms with E-state index in [1.54, 1.807) is 60.0 Å². The number of fused-ring (bicyclic) bond motifs is 1. The molecule has 0 fully saturated rings. The Morgan fingerprint density at radius 3 is 2.45 bits per heavy atom. The maximum Gasteiger partial charge on any atom is 0.271 e. The van der Waals surface area contributed by atoms with Crippen molar-refractivity contribution in [2.24, 2.45) is 4.99 Å². The van der Waals surface area contributed by atoms with E-state index in [1.165, 1.54) is 11.3 Å². The lowest BCUT2D eigenvalue weighted by atomic mass is 9.95. The van der Waals surface area contributed by atoms with E-state index in [9.17, 15) is 9.59 Å². The van der Waals surface area contributed by atoms with E-state index in [2.05, 4.69) is 5.32 Å². The van der Waals surface area contributed by atoms with Gasteiger partial charge in [0.1, 0.15) is 18.1 Å². The van der Waals surface area contributed by atoms with Crippen molar-refractivity contribution in [1.82, 2.24) is 4.57 Å². The van der Waals surface area contributed by atoms with Crippen molar-refractivity contribution in [1.29, 1.82) is 0 Å². The number of amides is 1. The number of para-hydroxylation sites is 1. The smallest absolute Gasteiger partial charge is 0.271 e. The first-order valence-electron chi connectivity index (χ1n) is 14.7. The van der Waals surface area contributed by atoms with Crippen LogP contribution in [0.3, 0.4) is 0 Å². The SMILES string of the molecule is CCOc1ccc([C@H]2C(C(=O)Nc3ccccc3)=C(C)N=c3s/c(=C\c4cc(Cl)ccc4OCc4ccc(Cl)c(Cl)c4)c(=O)n32)cc1. The predicted molar refractivity (Wildman–Crippen MR) is 189 cm³/mol. The zero-order chi connectivity index (χ0) is 33.1. The van der Waals surface area contributed by atoms with Crippen LogP contribution < -0.4 is 29.7 Å². The minimum Gasteiger partial charge on any atom is -0.494 e. The normalized spacial score (nSPS) is 14.4. The Morgan fingerprint density at radius 1 is 0.957 bits per heavy atom. The van der Waals surface area contributed by atoms with Crippen molar-refractivity contribution in [3.05, 3.63) is 154 Å². The van der Waals surface area contributed by atoms with Crippen molar-refractivity contribution in [2.45, 2.75) is 26.5 Å². The number of allylic oxidation sites excluding steroid dienone is 1. The third kappa shape index (κ3) is 7.16. The summed E-state index contributed by atoms with van der Waals surface area (Å²) in [5.41, 5.74) is 3.38. The molecule has 0 saturated heterocycles. The number of nitrogens with one attached hydrogen (secondary N) is 1. The van der Waals surface area contributed by atoms with E-state index < -0.39 is 6.04 Å². The van der Waals surface area contributed by atoms with Crippen LogP contribution in [0.15, 0.2) is 112 Å². The van der Waals surface area contributed by atoms with Gasteiger partial charge in [0, 0.05) is 16.3 Å². The van der Waals surface area contributed by atoms with Gasteiger partial charge >= 0.3 is 0 Å². The van der Waals surface area contributed by atoms with Gasteiger partial charge in [0.05, 0.1) is 38.5 Å². The number of hydrogen-bond donors (Lipinski definition) is 1. The molecule has 1 atom stereocenters. The molecular weight excluding hydrogens is 677 g/mol. The molecule has 1 aromatic heterocycles. The van der Waals surface area contributed by atoms with E-state index in [1.807, 2.05) is 55.5 Å². The Hall–Kier alpha value is -4.34. The molecule has 0 spiro atoms. The first-order valence-corrected chi connectivity index (χ1v) is 16.6. The van der Waals surface area contributed by atoms with E-state index in [4.69, 9.17) is 49.3 Å². The first-order chi connectivity index (χ1) is 22.7. The molecule has 0 saturated carbocycles. The number of thiazole rings is 1. The van der Waals surface area contributed by atoms with Gasteiger partial charge in [-0.1, -0.05) is 82.5 Å². The average Bonchev–Trinajstić information content (AvgIpc) is 3.36. The van der Waals surface area contributed by atoms with Crippen LogP contribution in [0.4, 0.5) is 5.69 Å². The number of aromatic nitrogens is 1. The molecule has 1 amide bonds. The minimum atomic E-state index is -0.738. The largest absolute Gasteiger partial charge is 0.494 e. The maximum atomic E-state index is 14.3. The highest BCUT2D eigenvalue weighted by atomic mass is 35.5. The van der Waals surface area contributed by atoms with Crippen molar-refractivity contribution in [3.8, 4) is 11.5 Å². The molecule has 11 heteroatoms. The summed E-state index contributed by atoms with van der Waals surface area (Å²) in [7, 11) is 0. The Kier molecular flexibility index (Phi) is 9.84. The van der Waals surface area contributed by atoms with Gasteiger partial charge < -0.3 is 14.8 Å². The Morgan fingerprint density at radius 2 is 1.72 bits per heavy atom. The molecule has 238 valence electrons. The van der Waals surface area contributed by atoms with Crippen molar-refractivity contribution in [3.63, 3.8) is 0 Å². The van der Waals surface area contributed by atoms with Gasteiger partial charge in [-0.3, -0.25) is 14.2 Å². The number of carbonyl (C=O) groups is 1. The lowest BCUT2D eigenvalue weighted by Crippen LogP contribution is -2.40. The number of ether oxygens (including phenoxy) is 2. The van der Waals surface area contributed by atoms with Gasteiger partial charge in [0.15, 0.2) is 4.80 Å². The number of halogens is 3. The van der Waals surface area contributed by atoms with E-state index in [0.29, 0.717) is 65.0 Å². The van der Waals surface area contributed by atoms with Crippen LogP contribution in [0, 0.1) is 0 Å². The summed E-state index contributed by atoms with van der Waals surface area (Å²) in [4.78, 5) is 33.3. The molecule has 5 aromatic rings. The molecular formula is C36H28Cl3N3O4S. The van der Waals surface area contributed by atoms with Crippen LogP contribution in [-0.2, 0) is 11.4 Å². The van der Waals surface area contributed by atoms with Crippen molar-refractivity contribution in [2.75, 3.05) is 11.9 Å². The summed E-state index contributed by atoms with van der Waals surface area (Å²) in [6.45, 7) is 4.43. The number of rotatable bonds is 9. The van der Waals surface area contributed by atoms with Crippen molar-refractivity contribution >= 4 is 63.8 Å². The Labute approximate surface area is 290 Å². The zero-order valence-corrected chi connectivity index (χ0v) is 28.4. The number of benzene rings is 4. The molecule has 0 bridgehead atoms. The van der Waals surface area contributed by atoms with Crippen LogP contribution in [-0.4, -0.2) is 17.1 Å². The second kappa shape index (κ2) is 14.2. The first kappa shape index (κ1) is 32.6. The molecule has 1 aliphatic heterocycles. The zero-order valence-electron chi connectivity index (χ0n) is 25.3. The third-order valence-corrected chi connectivity index (χ3v) is 9.40. The fraction of sp³-hybridized carbons (Fsp3) is 0.139. The molecule has 1 N–H and O–H groups in total. The van der Waals surface area contributed by atoms with Crippen LogP contribution >= 0.6 is 46.1 Å². The highest BCUT2D eigenvalue weighted by Gasteiger charge is 2.32. The molecule has 4 aromatic carbocycles. The minimum absolute atomic E-state index is 0.220. The van der Waals surface area contributed by atoms with E-state index in [0.717, 1.165) is 11.1 Å². The number of carbonyl (C=O) groups excluding carboxylic acids is 1. The van der Waals surface area contributed by atoms with Gasteiger partial charge in [-0.25, -0.2) is 4.99 Å². The van der Waals surface area contributed by atoms with Gasteiger partial charge in [0.25, 0.3) is 11.5 Å². The van der Waals surface area contributed by atoms with E-state index >= 15 is 0 Å². The summed E-state index contributed by atoms with van der Waals surface area (Å²) in [5.74, 6) is 0.862. The molecule has 7 nitrogen and oxygen atoms in total. The Balaban J connectivity index is 1.43. The van der Waals surface area contributed by atoms with Gasteiger partial charge in [0.2, 0.25) is 0 Å². The van der Waals surface area contributed by atoms with Gasteiger partial charge in [-0.05, 0) is 85.6 Å². The average molecular weight is 705 g/mol. The quantitative estimate of drug-likeness (QED) is 0.170. The molecule has 0 aliphatic carbocycles. The third-order valence-electron chi connectivity index (χ3n) is 7.44. The number of hydrogen-bond acceptors (Lipinski definition) is 6. The van der Waals surface area contributed by atoms with Gasteiger partial charge in [-0.2, -0.15) is 0 Å². The fourth-order valence-electron chi connectivity index (χ4n) is 5.26. The molecule has 47 heavy (non-hydrogen) atoms. The van der Waals surface area contributed by atoms with Crippen LogP contribution in [0.2, 0.25) is 15.1 Å². The van der Waals surface area contributed by atoms with Gasteiger partial charge in [-0.15, -0.1) is 0 Å². The maximum absolute atomic E-state index is 14.3. The monoisotopic (exact) mass is 703 g/mol. The second-order valence-corrected chi connectivity index (χ2v) is 12.9. The second-order valence-electron chi connectivity index (χ2n) is 10.6. The molecule has 1 aliphatic rings. The lowest BCUT2D eigenvalue weighted by molar-refractivity contribution is -0.113. The fourth-order valence-corrected chi connectivity index (χ4v) is 6.79. The summed E-state index contributed by atoms with van der Waals surface area (Å²) in [6.07, 6.45) is 1.73. The summed E-state index contributed by atoms with van der Waals surface area (Å²) in [5, 5.41) is 4.34. The molecule has 0 radical (unpaired) electrons. The van der Waals surface area contributed by atoms with Crippen molar-refractivity contribution < 1.29 is 14.3 Å². The van der Waals surface area contributed by atoms with Crippen LogP contribution in [0.5, 0.6) is 11.5 Å². The van der Waals surface area contributed by atoms with E-state index in [-0.39, 0.29) is 18.1 Å². The van der Waals surface area contributed by atoms with Crippen LogP contribution in [0.1, 0.15) is 36.6 Å². The number of nitrogens with zero attached hydrogens (tertiary/aromatic N) is 2.